The van der Waals surface area contributed by atoms with E-state index in [0.29, 0.717) is 42.1 Å². The van der Waals surface area contributed by atoms with Gasteiger partial charge in [0.15, 0.2) is 0 Å². The van der Waals surface area contributed by atoms with Gasteiger partial charge >= 0.3 is 0 Å². The number of hydrogen-bond donors (Lipinski definition) is 4. The lowest BCUT2D eigenvalue weighted by atomic mass is 9.43. The number of ether oxygens (including phenoxy) is 1. The van der Waals surface area contributed by atoms with E-state index in [4.69, 9.17) is 4.74 Å². The molecule has 0 aromatic rings. The van der Waals surface area contributed by atoms with E-state index in [9.17, 15) is 20.4 Å². The lowest BCUT2D eigenvalue weighted by molar-refractivity contribution is -0.207. The summed E-state index contributed by atoms with van der Waals surface area (Å²) in [7, 11) is 0. The van der Waals surface area contributed by atoms with Crippen molar-refractivity contribution in [3.05, 3.63) is 0 Å². The van der Waals surface area contributed by atoms with Gasteiger partial charge in [-0.05, 0) is 104 Å². The summed E-state index contributed by atoms with van der Waals surface area (Å²) in [6, 6.07) is 0. The zero-order valence-electron chi connectivity index (χ0n) is 20.3. The van der Waals surface area contributed by atoms with Crippen LogP contribution >= 0.6 is 0 Å². The second kappa shape index (κ2) is 8.48. The predicted octanol–water partition coefficient (Wildman–Crippen LogP) is 3.37. The predicted molar refractivity (Wildman–Crippen MR) is 123 cm³/mol. The van der Waals surface area contributed by atoms with Crippen LogP contribution < -0.4 is 0 Å². The van der Waals surface area contributed by atoms with Gasteiger partial charge in [0.1, 0.15) is 0 Å². The van der Waals surface area contributed by atoms with Gasteiger partial charge in [0.2, 0.25) is 0 Å². The summed E-state index contributed by atoms with van der Waals surface area (Å²) in [4.78, 5) is 0. The van der Waals surface area contributed by atoms with Crippen LogP contribution in [0.2, 0.25) is 0 Å². The Bertz CT molecular complexity index is 683. The van der Waals surface area contributed by atoms with Gasteiger partial charge in [0.25, 0.3) is 0 Å². The third-order valence-electron chi connectivity index (χ3n) is 11.7. The summed E-state index contributed by atoms with van der Waals surface area (Å²) in [5.74, 6) is 2.68. The molecule has 184 valence electrons. The molecule has 4 aliphatic carbocycles. The lowest BCUT2D eigenvalue weighted by Gasteiger charge is -2.63. The smallest absolute Gasteiger partial charge is 0.0647 e. The Kier molecular flexibility index (Phi) is 6.24. The standard InChI is InChI=1S/C27H46O5/c1-15(4-7-23-16(13-28)14-32-23)19-5-6-20-25-21(12-24(31)27(19,20)3)26(2)9-8-18(29)10-17(26)11-22(25)30/h15-25,28-31H,4-14H2,1-3H3/t15-,16?,17+,18-,19-,20+,21+,22-,23-,24+,25+,26+,27-/m1/s1. The fraction of sp³-hybridized carbons (Fsp3) is 1.00. The molecule has 1 aliphatic heterocycles. The molecule has 1 unspecified atom stereocenters. The third kappa shape index (κ3) is 3.44. The van der Waals surface area contributed by atoms with Crippen LogP contribution in [0.4, 0.5) is 0 Å². The molecule has 5 heteroatoms. The van der Waals surface area contributed by atoms with Crippen molar-refractivity contribution < 1.29 is 25.2 Å². The van der Waals surface area contributed by atoms with Crippen LogP contribution in [0.15, 0.2) is 0 Å². The minimum absolute atomic E-state index is 0.129. The van der Waals surface area contributed by atoms with Crippen LogP contribution in [-0.2, 0) is 4.74 Å². The molecule has 13 atom stereocenters. The first-order chi connectivity index (χ1) is 15.2. The zero-order chi connectivity index (χ0) is 22.8. The van der Waals surface area contributed by atoms with Gasteiger partial charge in [0, 0.05) is 5.92 Å². The first-order valence-electron chi connectivity index (χ1n) is 13.5. The number of aliphatic hydroxyl groups excluding tert-OH is 4. The van der Waals surface area contributed by atoms with Crippen molar-refractivity contribution in [1.82, 2.24) is 0 Å². The maximum atomic E-state index is 11.7. The molecule has 5 aliphatic rings. The molecule has 0 aromatic heterocycles. The highest BCUT2D eigenvalue weighted by atomic mass is 16.5. The molecule has 0 amide bonds. The molecule has 5 nitrogen and oxygen atoms in total. The molecule has 0 radical (unpaired) electrons. The maximum Gasteiger partial charge on any atom is 0.0647 e. The molecule has 5 fully saturated rings. The summed E-state index contributed by atoms with van der Waals surface area (Å²) < 4.78 is 5.69. The van der Waals surface area contributed by atoms with E-state index < -0.39 is 0 Å². The maximum absolute atomic E-state index is 11.7. The molecule has 1 saturated heterocycles. The van der Waals surface area contributed by atoms with E-state index in [2.05, 4.69) is 20.8 Å². The normalized spacial score (nSPS) is 56.0. The summed E-state index contributed by atoms with van der Waals surface area (Å²) in [6.07, 6.45) is 8.01. The topological polar surface area (TPSA) is 90.2 Å². The van der Waals surface area contributed by atoms with Gasteiger partial charge in [-0.3, -0.25) is 0 Å². The van der Waals surface area contributed by atoms with Crippen molar-refractivity contribution in [3.63, 3.8) is 0 Å². The Morgan fingerprint density at radius 3 is 2.47 bits per heavy atom. The minimum Gasteiger partial charge on any atom is -0.396 e. The van der Waals surface area contributed by atoms with Gasteiger partial charge in [-0.25, -0.2) is 0 Å². The van der Waals surface area contributed by atoms with E-state index >= 15 is 0 Å². The minimum atomic E-state index is -0.316. The van der Waals surface area contributed by atoms with Crippen molar-refractivity contribution in [3.8, 4) is 0 Å². The van der Waals surface area contributed by atoms with Crippen LogP contribution in [0.1, 0.15) is 78.6 Å². The van der Waals surface area contributed by atoms with E-state index in [1.54, 1.807) is 0 Å². The van der Waals surface area contributed by atoms with Crippen LogP contribution in [0.25, 0.3) is 0 Å². The van der Waals surface area contributed by atoms with Gasteiger partial charge in [-0.1, -0.05) is 20.8 Å². The Morgan fingerprint density at radius 1 is 1.00 bits per heavy atom. The van der Waals surface area contributed by atoms with Crippen LogP contribution in [0.5, 0.6) is 0 Å². The SMILES string of the molecule is C[C@H](CC[C@H]1OCC1CO)[C@H]1CC[C@H]2[C@@H]3[C@H](O)C[C@@H]4C[C@H](O)CC[C@]4(C)[C@H]3C[C@H](O)[C@]12C. The molecular weight excluding hydrogens is 404 g/mol. The van der Waals surface area contributed by atoms with E-state index in [1.165, 1.54) is 0 Å². The third-order valence-corrected chi connectivity index (χ3v) is 11.7. The fourth-order valence-corrected chi connectivity index (χ4v) is 9.62. The summed E-state index contributed by atoms with van der Waals surface area (Å²) in [5.41, 5.74) is 0.00575. The van der Waals surface area contributed by atoms with Crippen LogP contribution in [0, 0.1) is 52.3 Å². The first-order valence-corrected chi connectivity index (χ1v) is 13.5. The molecule has 1 heterocycles. The Balaban J connectivity index is 1.33. The Labute approximate surface area is 193 Å². The van der Waals surface area contributed by atoms with Crippen molar-refractivity contribution in [1.29, 1.82) is 0 Å². The van der Waals surface area contributed by atoms with Crippen molar-refractivity contribution >= 4 is 0 Å². The Hall–Kier alpha value is -0.200. The largest absolute Gasteiger partial charge is 0.396 e. The molecule has 5 rings (SSSR count). The summed E-state index contributed by atoms with van der Waals surface area (Å²) in [5, 5.41) is 42.8. The monoisotopic (exact) mass is 450 g/mol. The zero-order valence-corrected chi connectivity index (χ0v) is 20.3. The average Bonchev–Trinajstić information content (AvgIpc) is 3.08. The van der Waals surface area contributed by atoms with Crippen molar-refractivity contribution in [2.75, 3.05) is 13.2 Å². The van der Waals surface area contributed by atoms with Crippen LogP contribution in [-0.4, -0.2) is 58.1 Å². The molecule has 0 spiro atoms. The van der Waals surface area contributed by atoms with Crippen molar-refractivity contribution in [2.45, 2.75) is 103 Å². The first kappa shape index (κ1) is 23.5. The molecule has 4 saturated carbocycles. The second-order valence-corrected chi connectivity index (χ2v) is 12.9. The average molecular weight is 451 g/mol. The quantitative estimate of drug-likeness (QED) is 0.516. The van der Waals surface area contributed by atoms with E-state index in [1.807, 2.05) is 0 Å². The van der Waals surface area contributed by atoms with E-state index in [-0.39, 0.29) is 47.8 Å². The fourth-order valence-electron chi connectivity index (χ4n) is 9.62. The number of aliphatic hydroxyl groups is 4. The van der Waals surface area contributed by atoms with Gasteiger partial charge in [0.05, 0.1) is 37.6 Å². The van der Waals surface area contributed by atoms with Gasteiger partial charge in [-0.15, -0.1) is 0 Å². The van der Waals surface area contributed by atoms with Crippen LogP contribution in [0.3, 0.4) is 0 Å². The molecule has 0 aromatic carbocycles. The van der Waals surface area contributed by atoms with Gasteiger partial charge < -0.3 is 25.2 Å². The number of rotatable bonds is 5. The highest BCUT2D eigenvalue weighted by Crippen LogP contribution is 2.68. The van der Waals surface area contributed by atoms with Gasteiger partial charge in [-0.2, -0.15) is 0 Å². The summed E-state index contributed by atoms with van der Waals surface area (Å²) in [6.45, 7) is 7.98. The highest BCUT2D eigenvalue weighted by Gasteiger charge is 2.65. The molecular formula is C27H46O5. The van der Waals surface area contributed by atoms with E-state index in [0.717, 1.165) is 57.8 Å². The number of hydrogen-bond acceptors (Lipinski definition) is 5. The second-order valence-electron chi connectivity index (χ2n) is 12.9. The molecule has 0 bridgehead atoms. The Morgan fingerprint density at radius 2 is 1.78 bits per heavy atom. The highest BCUT2D eigenvalue weighted by molar-refractivity contribution is 5.14. The van der Waals surface area contributed by atoms with Crippen molar-refractivity contribution in [2.24, 2.45) is 52.3 Å². The molecule has 4 N–H and O–H groups in total. The molecule has 32 heavy (non-hydrogen) atoms. The lowest BCUT2D eigenvalue weighted by Crippen LogP contribution is -2.62. The number of fused-ring (bicyclic) bond motifs is 5. The summed E-state index contributed by atoms with van der Waals surface area (Å²) >= 11 is 0.